The Hall–Kier alpha value is 0.470. The second kappa shape index (κ2) is 7.91. The van der Waals surface area contributed by atoms with Gasteiger partial charge in [0, 0.05) is 41.4 Å². The number of halogens is 1. The summed E-state index contributed by atoms with van der Waals surface area (Å²) in [6, 6.07) is 0. The van der Waals surface area contributed by atoms with Crippen LogP contribution in [0.15, 0.2) is 0 Å². The summed E-state index contributed by atoms with van der Waals surface area (Å²) in [5.41, 5.74) is -0.701. The maximum Gasteiger partial charge on any atom is 0.254 e. The lowest BCUT2D eigenvalue weighted by Gasteiger charge is -2.36. The van der Waals surface area contributed by atoms with Crippen LogP contribution in [0, 0.1) is 5.92 Å². The van der Waals surface area contributed by atoms with Gasteiger partial charge in [-0.25, -0.2) is 0 Å². The molecule has 0 radical (unpaired) electrons. The highest BCUT2D eigenvalue weighted by Gasteiger charge is 2.33. The predicted octanol–water partition coefficient (Wildman–Crippen LogP) is 3.05. The van der Waals surface area contributed by atoms with Crippen molar-refractivity contribution in [3.8, 4) is 0 Å². The van der Waals surface area contributed by atoms with E-state index in [4.69, 9.17) is 8.92 Å². The van der Waals surface area contributed by atoms with E-state index in [0.717, 1.165) is 39.0 Å². The maximum absolute atomic E-state index is 12.2. The molecule has 0 aliphatic carbocycles. The number of hydrogen-bond donors (Lipinski definition) is 0. The molecule has 18 heavy (non-hydrogen) atoms. The first-order valence-corrected chi connectivity index (χ1v) is 9.54. The maximum atomic E-state index is 12.2. The van der Waals surface area contributed by atoms with Crippen LogP contribution in [-0.4, -0.2) is 43.2 Å². The van der Waals surface area contributed by atoms with Crippen molar-refractivity contribution in [2.45, 2.75) is 38.7 Å². The van der Waals surface area contributed by atoms with E-state index in [0.29, 0.717) is 5.92 Å². The second-order valence-electron chi connectivity index (χ2n) is 5.12. The van der Waals surface area contributed by atoms with Crippen LogP contribution in [0.2, 0.25) is 0 Å². The number of piperidine rings is 1. The lowest BCUT2D eigenvalue weighted by Crippen LogP contribution is -2.49. The molecule has 1 aliphatic rings. The van der Waals surface area contributed by atoms with Crippen molar-refractivity contribution in [1.29, 1.82) is 0 Å². The quantitative estimate of drug-likeness (QED) is 0.399. The Morgan fingerprint density at radius 1 is 1.44 bits per heavy atom. The topological polar surface area (TPSA) is 38.8 Å². The number of ether oxygens (including phenoxy) is 1. The smallest absolute Gasteiger partial charge is 0.254 e. The Morgan fingerprint density at radius 3 is 2.56 bits per heavy atom. The van der Waals surface area contributed by atoms with Gasteiger partial charge in [0.15, 0.2) is 0 Å². The molecule has 0 aromatic rings. The molecule has 1 rings (SSSR count). The van der Waals surface area contributed by atoms with Gasteiger partial charge in [-0.3, -0.25) is 4.79 Å². The van der Waals surface area contributed by atoms with Gasteiger partial charge in [-0.1, -0.05) is 0 Å². The van der Waals surface area contributed by atoms with Gasteiger partial charge in [-0.15, -0.1) is 0 Å². The van der Waals surface area contributed by atoms with Crippen LogP contribution in [0.3, 0.4) is 0 Å². The van der Waals surface area contributed by atoms with Gasteiger partial charge in [0.05, 0.1) is 15.8 Å². The third kappa shape index (κ3) is 4.86. The first-order valence-electron chi connectivity index (χ1n) is 6.26. The van der Waals surface area contributed by atoms with E-state index in [1.807, 2.05) is 18.7 Å². The minimum atomic E-state index is -0.701. The Kier molecular flexibility index (Phi) is 7.27. The molecular formula is C12H22INO3S. The number of amides is 1. The van der Waals surface area contributed by atoms with Crippen molar-refractivity contribution in [1.82, 2.24) is 4.90 Å². The highest BCUT2D eigenvalue weighted by molar-refractivity contribution is 14.2. The van der Waals surface area contributed by atoms with Gasteiger partial charge < -0.3 is 13.8 Å². The van der Waals surface area contributed by atoms with E-state index < -0.39 is 5.60 Å². The molecule has 0 aromatic carbocycles. The Morgan fingerprint density at radius 2 is 2.06 bits per heavy atom. The van der Waals surface area contributed by atoms with Gasteiger partial charge in [-0.2, -0.15) is 0 Å². The molecule has 1 amide bonds. The molecule has 0 unspecified atom stereocenters. The van der Waals surface area contributed by atoms with E-state index in [-0.39, 0.29) is 5.91 Å². The first-order chi connectivity index (χ1) is 8.51. The lowest BCUT2D eigenvalue weighted by atomic mass is 9.93. The van der Waals surface area contributed by atoms with E-state index >= 15 is 0 Å². The molecule has 106 valence electrons. The molecular weight excluding hydrogens is 365 g/mol. The van der Waals surface area contributed by atoms with Gasteiger partial charge in [-0.05, 0) is 39.0 Å². The monoisotopic (exact) mass is 387 g/mol. The second-order valence-corrected chi connectivity index (χ2v) is 6.56. The minimum absolute atomic E-state index is 0.0996. The minimum Gasteiger partial charge on any atom is -0.369 e. The molecule has 0 atom stereocenters. The zero-order chi connectivity index (χ0) is 13.6. The third-order valence-corrected chi connectivity index (χ3v) is 4.60. The van der Waals surface area contributed by atoms with Crippen LogP contribution in [0.5, 0.6) is 0 Å². The molecule has 1 saturated heterocycles. The molecule has 0 spiro atoms. The molecule has 1 heterocycles. The number of likely N-dealkylation sites (tertiary alicyclic amines) is 1. The van der Waals surface area contributed by atoms with Crippen molar-refractivity contribution >= 4 is 36.3 Å². The fourth-order valence-corrected chi connectivity index (χ4v) is 2.84. The summed E-state index contributed by atoms with van der Waals surface area (Å²) in [6.45, 7) is 6.14. The average Bonchev–Trinajstić information content (AvgIpc) is 2.39. The number of hydrogen-bond acceptors (Lipinski definition) is 4. The number of nitrogens with zero attached hydrogens (tertiary/aromatic N) is 1. The summed E-state index contributed by atoms with van der Waals surface area (Å²) < 4.78 is 10.5. The predicted molar refractivity (Wildman–Crippen MR) is 82.6 cm³/mol. The van der Waals surface area contributed by atoms with Crippen LogP contribution in [0.25, 0.3) is 0 Å². The number of rotatable bonds is 6. The van der Waals surface area contributed by atoms with Gasteiger partial charge >= 0.3 is 0 Å². The van der Waals surface area contributed by atoms with Gasteiger partial charge in [0.25, 0.3) is 5.91 Å². The fourth-order valence-electron chi connectivity index (χ4n) is 2.14. The molecule has 0 saturated carbocycles. The average molecular weight is 387 g/mol. The third-order valence-electron chi connectivity index (χ3n) is 3.58. The van der Waals surface area contributed by atoms with Crippen molar-refractivity contribution in [3.63, 3.8) is 0 Å². The van der Waals surface area contributed by atoms with Crippen LogP contribution in [0.1, 0.15) is 33.1 Å². The van der Waals surface area contributed by atoms with Crippen molar-refractivity contribution in [2.75, 3.05) is 26.8 Å². The summed E-state index contributed by atoms with van der Waals surface area (Å²) >= 11 is 2.13. The van der Waals surface area contributed by atoms with Crippen LogP contribution >= 0.6 is 30.4 Å². The lowest BCUT2D eigenvalue weighted by molar-refractivity contribution is -0.152. The van der Waals surface area contributed by atoms with Crippen molar-refractivity contribution in [3.05, 3.63) is 0 Å². The normalized spacial score (nSPS) is 18.1. The summed E-state index contributed by atoms with van der Waals surface area (Å²) in [5.74, 6) is 0.783. The van der Waals surface area contributed by atoms with E-state index in [1.54, 1.807) is 7.11 Å². The van der Waals surface area contributed by atoms with E-state index in [9.17, 15) is 4.79 Å². The van der Waals surface area contributed by atoms with E-state index in [1.165, 1.54) is 9.21 Å². The summed E-state index contributed by atoms with van der Waals surface area (Å²) in [4.78, 5) is 14.1. The Balaban J connectivity index is 2.33. The summed E-state index contributed by atoms with van der Waals surface area (Å²) in [6.07, 6.45) is 3.23. The van der Waals surface area contributed by atoms with Crippen molar-refractivity contribution in [2.24, 2.45) is 5.92 Å². The van der Waals surface area contributed by atoms with E-state index in [2.05, 4.69) is 21.2 Å². The standard InChI is InChI=1S/C12H22INO3S/c1-12(2,16-3)11(15)14-7-4-10(5-8-14)6-9-17-18-13/h10H,4-9H2,1-3H3. The Bertz CT molecular complexity index is 268. The molecule has 1 fully saturated rings. The van der Waals surface area contributed by atoms with Crippen LogP contribution in [0.4, 0.5) is 0 Å². The molecule has 4 nitrogen and oxygen atoms in total. The largest absolute Gasteiger partial charge is 0.369 e. The Labute approximate surface area is 126 Å². The molecule has 0 aromatic heterocycles. The number of carbonyl (C=O) groups excluding carboxylic acids is 1. The highest BCUT2D eigenvalue weighted by Crippen LogP contribution is 2.24. The van der Waals surface area contributed by atoms with Crippen LogP contribution in [-0.2, 0) is 13.7 Å². The highest BCUT2D eigenvalue weighted by atomic mass is 127. The molecule has 1 aliphatic heterocycles. The summed E-state index contributed by atoms with van der Waals surface area (Å²) in [5, 5.41) is 0. The van der Waals surface area contributed by atoms with Crippen molar-refractivity contribution < 1.29 is 13.7 Å². The first kappa shape index (κ1) is 16.5. The van der Waals surface area contributed by atoms with Gasteiger partial charge in [0.2, 0.25) is 0 Å². The fraction of sp³-hybridized carbons (Fsp3) is 0.917. The summed E-state index contributed by atoms with van der Waals surface area (Å²) in [7, 11) is 2.98. The molecule has 0 N–H and O–H groups in total. The van der Waals surface area contributed by atoms with Gasteiger partial charge in [0.1, 0.15) is 5.60 Å². The SMILES string of the molecule is COC(C)(C)C(=O)N1CCC(CCOSI)CC1. The number of carbonyl (C=O) groups is 1. The zero-order valence-electron chi connectivity index (χ0n) is 11.3. The molecule has 0 bridgehead atoms. The molecule has 6 heteroatoms. The number of methoxy groups -OCH3 is 1. The van der Waals surface area contributed by atoms with Crippen LogP contribution < -0.4 is 0 Å². The zero-order valence-corrected chi connectivity index (χ0v) is 14.3.